The molecule has 1 amide bonds. The van der Waals surface area contributed by atoms with E-state index in [1.165, 1.54) is 6.42 Å². The lowest BCUT2D eigenvalue weighted by atomic mass is 9.98. The fraction of sp³-hybridized carbons (Fsp3) is 0.533. The average molecular weight is 345 g/mol. The lowest BCUT2D eigenvalue weighted by molar-refractivity contribution is 0.0609. The number of rotatable bonds is 3. The van der Waals surface area contributed by atoms with E-state index in [1.54, 1.807) is 0 Å². The van der Waals surface area contributed by atoms with Crippen LogP contribution in [0.15, 0.2) is 18.2 Å². The highest BCUT2D eigenvalue weighted by atomic mass is 79.9. The molecule has 104 valence electrons. The molecule has 1 saturated heterocycles. The van der Waals surface area contributed by atoms with Crippen molar-refractivity contribution in [1.29, 1.82) is 0 Å². The van der Waals surface area contributed by atoms with Crippen LogP contribution in [0.4, 0.5) is 0 Å². The van der Waals surface area contributed by atoms with Gasteiger partial charge in [0.1, 0.15) is 0 Å². The number of hydrogen-bond acceptors (Lipinski definition) is 1. The van der Waals surface area contributed by atoms with Crippen LogP contribution in [0.25, 0.3) is 0 Å². The summed E-state index contributed by atoms with van der Waals surface area (Å²) in [7, 11) is 0. The molecule has 4 heteroatoms. The number of nitrogens with zero attached hydrogens (tertiary/aromatic N) is 1. The van der Waals surface area contributed by atoms with Crippen molar-refractivity contribution in [1.82, 2.24) is 4.90 Å². The second-order valence-corrected chi connectivity index (χ2v) is 6.24. The Balaban J connectivity index is 2.23. The Hall–Kier alpha value is -0.540. The van der Waals surface area contributed by atoms with Gasteiger partial charge in [0.05, 0.1) is 0 Å². The molecular formula is C15H19BrClNO. The minimum absolute atomic E-state index is 0.130. The van der Waals surface area contributed by atoms with Gasteiger partial charge in [-0.15, -0.1) is 0 Å². The molecule has 0 saturated carbocycles. The first-order valence-corrected chi connectivity index (χ1v) is 8.27. The van der Waals surface area contributed by atoms with Crippen molar-refractivity contribution in [2.75, 3.05) is 11.9 Å². The average Bonchev–Trinajstić information content (AvgIpc) is 2.42. The number of carbonyl (C=O) groups is 1. The number of piperidine rings is 1. The molecule has 0 radical (unpaired) electrons. The first kappa shape index (κ1) is 14.9. The molecule has 1 aliphatic rings. The van der Waals surface area contributed by atoms with E-state index in [9.17, 15) is 4.79 Å². The number of alkyl halides is 1. The van der Waals surface area contributed by atoms with Gasteiger partial charge in [-0.2, -0.15) is 0 Å². The van der Waals surface area contributed by atoms with Gasteiger partial charge < -0.3 is 4.90 Å². The third kappa shape index (κ3) is 3.32. The maximum atomic E-state index is 12.7. The fourth-order valence-electron chi connectivity index (χ4n) is 2.69. The van der Waals surface area contributed by atoms with E-state index >= 15 is 0 Å². The van der Waals surface area contributed by atoms with E-state index < -0.39 is 0 Å². The summed E-state index contributed by atoms with van der Waals surface area (Å²) in [4.78, 5) is 14.7. The maximum Gasteiger partial charge on any atom is 0.254 e. The Bertz CT molecular complexity index is 461. The van der Waals surface area contributed by atoms with Gasteiger partial charge >= 0.3 is 0 Å². The molecule has 0 N–H and O–H groups in total. The third-order valence-electron chi connectivity index (χ3n) is 3.83. The first-order chi connectivity index (χ1) is 9.15. The van der Waals surface area contributed by atoms with Crippen molar-refractivity contribution in [3.8, 4) is 0 Å². The van der Waals surface area contributed by atoms with Gasteiger partial charge in [0.2, 0.25) is 0 Å². The lowest BCUT2D eigenvalue weighted by Crippen LogP contribution is -2.44. The van der Waals surface area contributed by atoms with E-state index in [-0.39, 0.29) is 5.91 Å². The van der Waals surface area contributed by atoms with Gasteiger partial charge in [-0.25, -0.2) is 0 Å². The molecule has 1 unspecified atom stereocenters. The van der Waals surface area contributed by atoms with Gasteiger partial charge in [-0.1, -0.05) is 33.6 Å². The highest BCUT2D eigenvalue weighted by molar-refractivity contribution is 9.09. The van der Waals surface area contributed by atoms with Crippen molar-refractivity contribution in [2.24, 2.45) is 0 Å². The normalized spacial score (nSPS) is 19.5. The van der Waals surface area contributed by atoms with Crippen molar-refractivity contribution < 1.29 is 4.79 Å². The summed E-state index contributed by atoms with van der Waals surface area (Å²) >= 11 is 9.60. The summed E-state index contributed by atoms with van der Waals surface area (Å²) < 4.78 is 0. The van der Waals surface area contributed by atoms with Crippen molar-refractivity contribution in [3.05, 3.63) is 34.3 Å². The fourth-order valence-corrected chi connectivity index (χ4v) is 3.39. The highest BCUT2D eigenvalue weighted by Gasteiger charge is 2.27. The van der Waals surface area contributed by atoms with Crippen molar-refractivity contribution >= 4 is 33.4 Å². The van der Waals surface area contributed by atoms with Crippen LogP contribution in [0, 0.1) is 6.92 Å². The van der Waals surface area contributed by atoms with Crippen LogP contribution in [-0.4, -0.2) is 28.7 Å². The number of hydrogen-bond donors (Lipinski definition) is 0. The lowest BCUT2D eigenvalue weighted by Gasteiger charge is -2.36. The molecule has 1 fully saturated rings. The van der Waals surface area contributed by atoms with Gasteiger partial charge in [-0.3, -0.25) is 4.79 Å². The predicted molar refractivity (Wildman–Crippen MR) is 83.3 cm³/mol. The van der Waals surface area contributed by atoms with Gasteiger partial charge in [-0.05, 0) is 50.3 Å². The molecule has 19 heavy (non-hydrogen) atoms. The molecule has 0 bridgehead atoms. The van der Waals surface area contributed by atoms with E-state index in [1.807, 2.05) is 30.0 Å². The molecule has 0 spiro atoms. The van der Waals surface area contributed by atoms with E-state index in [2.05, 4.69) is 15.9 Å². The summed E-state index contributed by atoms with van der Waals surface area (Å²) in [5, 5.41) is 1.61. The third-order valence-corrected chi connectivity index (χ3v) is 4.70. The quantitative estimate of drug-likeness (QED) is 0.743. The largest absolute Gasteiger partial charge is 0.336 e. The zero-order valence-corrected chi connectivity index (χ0v) is 13.5. The zero-order chi connectivity index (χ0) is 13.8. The van der Waals surface area contributed by atoms with Crippen LogP contribution in [-0.2, 0) is 0 Å². The Morgan fingerprint density at radius 3 is 3.00 bits per heavy atom. The number of carbonyl (C=O) groups excluding carboxylic acids is 1. The van der Waals surface area contributed by atoms with Crippen LogP contribution >= 0.6 is 27.5 Å². The SMILES string of the molecule is Cc1c(Cl)cccc1C(=O)N1CCCCC1CCBr. The van der Waals surface area contributed by atoms with Crippen LogP contribution in [0.2, 0.25) is 5.02 Å². The van der Waals surface area contributed by atoms with Crippen molar-refractivity contribution in [2.45, 2.75) is 38.6 Å². The topological polar surface area (TPSA) is 20.3 Å². The molecule has 0 aliphatic carbocycles. The zero-order valence-electron chi connectivity index (χ0n) is 11.2. The summed E-state index contributed by atoms with van der Waals surface area (Å²) in [5.41, 5.74) is 1.63. The molecule has 2 rings (SSSR count). The maximum absolute atomic E-state index is 12.7. The Kier molecular flexibility index (Phi) is 5.28. The molecule has 1 heterocycles. The van der Waals surface area contributed by atoms with Gasteiger partial charge in [0.25, 0.3) is 5.91 Å². The number of halogens is 2. The second kappa shape index (κ2) is 6.76. The highest BCUT2D eigenvalue weighted by Crippen LogP contribution is 2.25. The first-order valence-electron chi connectivity index (χ1n) is 6.77. The Morgan fingerprint density at radius 1 is 1.47 bits per heavy atom. The Morgan fingerprint density at radius 2 is 2.26 bits per heavy atom. The number of amides is 1. The molecule has 1 aliphatic heterocycles. The minimum atomic E-state index is 0.130. The van der Waals surface area contributed by atoms with Gasteiger partial charge in [0.15, 0.2) is 0 Å². The van der Waals surface area contributed by atoms with Crippen LogP contribution in [0.3, 0.4) is 0 Å². The standard InChI is InChI=1S/C15H19BrClNO/c1-11-13(6-4-7-14(11)17)15(19)18-10-3-2-5-12(18)8-9-16/h4,6-7,12H,2-3,5,8-10H2,1H3. The summed E-state index contributed by atoms with van der Waals surface area (Å²) in [6.45, 7) is 2.78. The monoisotopic (exact) mass is 343 g/mol. The smallest absolute Gasteiger partial charge is 0.254 e. The molecule has 1 aromatic rings. The van der Waals surface area contributed by atoms with Crippen LogP contribution in [0.1, 0.15) is 41.6 Å². The number of benzene rings is 1. The van der Waals surface area contributed by atoms with Crippen molar-refractivity contribution in [3.63, 3.8) is 0 Å². The van der Waals surface area contributed by atoms with Gasteiger partial charge in [0, 0.05) is 28.5 Å². The minimum Gasteiger partial charge on any atom is -0.336 e. The van der Waals surface area contributed by atoms with E-state index in [0.717, 1.165) is 42.3 Å². The molecule has 2 nitrogen and oxygen atoms in total. The Labute approximate surface area is 128 Å². The van der Waals surface area contributed by atoms with Crippen LogP contribution < -0.4 is 0 Å². The van der Waals surface area contributed by atoms with E-state index in [0.29, 0.717) is 11.1 Å². The number of likely N-dealkylation sites (tertiary alicyclic amines) is 1. The van der Waals surface area contributed by atoms with E-state index in [4.69, 9.17) is 11.6 Å². The van der Waals surface area contributed by atoms with Crippen LogP contribution in [0.5, 0.6) is 0 Å². The molecule has 0 aromatic heterocycles. The second-order valence-electron chi connectivity index (χ2n) is 5.04. The molecule has 1 aromatic carbocycles. The summed E-state index contributed by atoms with van der Waals surface area (Å²) in [5.74, 6) is 0.130. The summed E-state index contributed by atoms with van der Waals surface area (Å²) in [6.07, 6.45) is 4.45. The predicted octanol–water partition coefficient (Wildman–Crippen LogP) is 4.43. The molecular weight excluding hydrogens is 326 g/mol. The summed E-state index contributed by atoms with van der Waals surface area (Å²) in [6, 6.07) is 5.92. The molecule has 1 atom stereocenters.